The van der Waals surface area contributed by atoms with E-state index >= 15 is 0 Å². The molecule has 3 rings (SSSR count). The van der Waals surface area contributed by atoms with Crippen molar-refractivity contribution in [3.63, 3.8) is 0 Å². The molecule has 0 aliphatic rings. The zero-order valence-corrected chi connectivity index (χ0v) is 14.8. The minimum Gasteiger partial charge on any atom is -0.441 e. The van der Waals surface area contributed by atoms with Crippen LogP contribution in [0.15, 0.2) is 59.0 Å². The normalized spacial score (nSPS) is 10.5. The summed E-state index contributed by atoms with van der Waals surface area (Å²) in [5.74, 6) is 1.27. The van der Waals surface area contributed by atoms with Gasteiger partial charge >= 0.3 is 0 Å². The zero-order chi connectivity index (χ0) is 18.5. The van der Waals surface area contributed by atoms with Crippen molar-refractivity contribution < 1.29 is 14.0 Å². The van der Waals surface area contributed by atoms with Gasteiger partial charge in [-0.25, -0.2) is 4.98 Å². The van der Waals surface area contributed by atoms with Gasteiger partial charge in [0.25, 0.3) is 5.91 Å². The van der Waals surface area contributed by atoms with Crippen molar-refractivity contribution in [1.82, 2.24) is 9.88 Å². The third-order valence-corrected chi connectivity index (χ3v) is 4.24. The van der Waals surface area contributed by atoms with E-state index in [0.29, 0.717) is 30.0 Å². The van der Waals surface area contributed by atoms with Crippen LogP contribution in [0.2, 0.25) is 0 Å². The maximum atomic E-state index is 12.5. The van der Waals surface area contributed by atoms with Crippen molar-refractivity contribution in [2.75, 3.05) is 13.6 Å². The number of nitrogens with zero attached hydrogens (tertiary/aromatic N) is 2. The number of benzene rings is 2. The molecular formula is C21H20N2O3. The van der Waals surface area contributed by atoms with E-state index < -0.39 is 0 Å². The molecule has 0 spiro atoms. The van der Waals surface area contributed by atoms with E-state index in [1.165, 1.54) is 0 Å². The maximum Gasteiger partial charge on any atom is 0.253 e. The van der Waals surface area contributed by atoms with Crippen LogP contribution in [-0.4, -0.2) is 35.7 Å². The Morgan fingerprint density at radius 2 is 1.81 bits per heavy atom. The molecule has 0 aliphatic heterocycles. The summed E-state index contributed by atoms with van der Waals surface area (Å²) in [4.78, 5) is 29.4. The molecule has 0 radical (unpaired) electrons. The summed E-state index contributed by atoms with van der Waals surface area (Å²) in [6.45, 7) is 2.41. The fraction of sp³-hybridized carbons (Fsp3) is 0.190. The molecule has 0 fully saturated rings. The van der Waals surface area contributed by atoms with Gasteiger partial charge in [-0.2, -0.15) is 0 Å². The molecule has 1 aromatic heterocycles. The Morgan fingerprint density at radius 3 is 2.46 bits per heavy atom. The largest absolute Gasteiger partial charge is 0.441 e. The van der Waals surface area contributed by atoms with Crippen LogP contribution in [0.5, 0.6) is 0 Å². The van der Waals surface area contributed by atoms with E-state index in [0.717, 1.165) is 23.3 Å². The Balaban J connectivity index is 1.65. The van der Waals surface area contributed by atoms with Gasteiger partial charge in [0.1, 0.15) is 12.0 Å². The number of likely N-dealkylation sites (N-methyl/N-ethyl adjacent to an activating group) is 1. The highest BCUT2D eigenvalue weighted by Gasteiger charge is 2.15. The van der Waals surface area contributed by atoms with E-state index in [-0.39, 0.29) is 5.91 Å². The van der Waals surface area contributed by atoms with E-state index in [1.54, 1.807) is 36.2 Å². The molecule has 0 saturated heterocycles. The van der Waals surface area contributed by atoms with Gasteiger partial charge in [0.05, 0.1) is 5.69 Å². The van der Waals surface area contributed by atoms with Gasteiger partial charge in [-0.3, -0.25) is 9.59 Å². The predicted molar refractivity (Wildman–Crippen MR) is 99.2 cm³/mol. The average molecular weight is 348 g/mol. The number of oxazole rings is 1. The van der Waals surface area contributed by atoms with Crippen LogP contribution in [0.4, 0.5) is 0 Å². The Kier molecular flexibility index (Phi) is 5.27. The molecule has 132 valence electrons. The van der Waals surface area contributed by atoms with Crippen molar-refractivity contribution in [2.45, 2.75) is 13.3 Å². The lowest BCUT2D eigenvalue weighted by Gasteiger charge is -2.16. The number of hydrogen-bond acceptors (Lipinski definition) is 4. The van der Waals surface area contributed by atoms with Gasteiger partial charge in [0, 0.05) is 36.7 Å². The van der Waals surface area contributed by atoms with Crippen LogP contribution >= 0.6 is 0 Å². The van der Waals surface area contributed by atoms with Crippen molar-refractivity contribution in [3.05, 3.63) is 77.2 Å². The van der Waals surface area contributed by atoms with Crippen LogP contribution in [-0.2, 0) is 6.42 Å². The van der Waals surface area contributed by atoms with E-state index in [1.807, 2.05) is 37.3 Å². The smallest absolute Gasteiger partial charge is 0.253 e. The summed E-state index contributed by atoms with van der Waals surface area (Å²) in [5, 5.41) is 0. The second-order valence-corrected chi connectivity index (χ2v) is 6.10. The second kappa shape index (κ2) is 7.78. The predicted octanol–water partition coefficient (Wildman–Crippen LogP) is 3.78. The standard InChI is InChI=1S/C21H20N2O3/c1-15-19(22-20(26-15)17-6-4-3-5-7-17)12-13-23(2)21(25)18-10-8-16(14-24)9-11-18/h3-11,14H,12-13H2,1-2H3. The monoisotopic (exact) mass is 348 g/mol. The third-order valence-electron chi connectivity index (χ3n) is 4.24. The number of amides is 1. The first-order chi connectivity index (χ1) is 12.6. The molecule has 5 heteroatoms. The topological polar surface area (TPSA) is 63.4 Å². The second-order valence-electron chi connectivity index (χ2n) is 6.10. The first-order valence-corrected chi connectivity index (χ1v) is 8.41. The Labute approximate surface area is 152 Å². The van der Waals surface area contributed by atoms with Crippen molar-refractivity contribution in [3.8, 4) is 11.5 Å². The summed E-state index contributed by atoms with van der Waals surface area (Å²) in [7, 11) is 1.75. The number of aryl methyl sites for hydroxylation is 1. The quantitative estimate of drug-likeness (QED) is 0.636. The molecule has 0 aliphatic carbocycles. The molecule has 1 heterocycles. The molecule has 0 atom stereocenters. The molecule has 0 saturated carbocycles. The minimum atomic E-state index is -0.0909. The molecule has 3 aromatic rings. The van der Waals surface area contributed by atoms with E-state index in [2.05, 4.69) is 4.98 Å². The molecule has 1 amide bonds. The fourth-order valence-electron chi connectivity index (χ4n) is 2.66. The molecule has 0 bridgehead atoms. The number of aldehydes is 1. The van der Waals surface area contributed by atoms with Gasteiger partial charge in [-0.15, -0.1) is 0 Å². The summed E-state index contributed by atoms with van der Waals surface area (Å²) < 4.78 is 5.76. The first kappa shape index (κ1) is 17.6. The number of carbonyl (C=O) groups excluding carboxylic acids is 2. The van der Waals surface area contributed by atoms with Crippen LogP contribution in [0.1, 0.15) is 32.2 Å². The highest BCUT2D eigenvalue weighted by atomic mass is 16.4. The molecule has 26 heavy (non-hydrogen) atoms. The van der Waals surface area contributed by atoms with E-state index in [4.69, 9.17) is 4.42 Å². The lowest BCUT2D eigenvalue weighted by atomic mass is 10.1. The third kappa shape index (κ3) is 3.88. The number of carbonyl (C=O) groups is 2. The highest BCUT2D eigenvalue weighted by molar-refractivity contribution is 5.94. The molecule has 0 N–H and O–H groups in total. The average Bonchev–Trinajstić information content (AvgIpc) is 3.07. The Bertz CT molecular complexity index is 899. The summed E-state index contributed by atoms with van der Waals surface area (Å²) in [6, 6.07) is 16.3. The molecular weight excluding hydrogens is 328 g/mol. The zero-order valence-electron chi connectivity index (χ0n) is 14.8. The molecule has 0 unspecified atom stereocenters. The van der Waals surface area contributed by atoms with Crippen molar-refractivity contribution in [2.24, 2.45) is 0 Å². The Morgan fingerprint density at radius 1 is 1.12 bits per heavy atom. The fourth-order valence-corrected chi connectivity index (χ4v) is 2.66. The SMILES string of the molecule is Cc1oc(-c2ccccc2)nc1CCN(C)C(=O)c1ccc(C=O)cc1. The van der Waals surface area contributed by atoms with E-state index in [9.17, 15) is 9.59 Å². The van der Waals surface area contributed by atoms with Crippen LogP contribution in [0.25, 0.3) is 11.5 Å². The van der Waals surface area contributed by atoms with Crippen molar-refractivity contribution >= 4 is 12.2 Å². The molecule has 5 nitrogen and oxygen atoms in total. The number of rotatable bonds is 6. The summed E-state index contributed by atoms with van der Waals surface area (Å²) in [6.07, 6.45) is 1.37. The summed E-state index contributed by atoms with van der Waals surface area (Å²) in [5.41, 5.74) is 2.89. The van der Waals surface area contributed by atoms with Crippen LogP contribution in [0, 0.1) is 6.92 Å². The maximum absolute atomic E-state index is 12.5. The lowest BCUT2D eigenvalue weighted by Crippen LogP contribution is -2.29. The van der Waals surface area contributed by atoms with Crippen LogP contribution in [0.3, 0.4) is 0 Å². The van der Waals surface area contributed by atoms with Gasteiger partial charge in [0.15, 0.2) is 0 Å². The lowest BCUT2D eigenvalue weighted by molar-refractivity contribution is 0.0796. The van der Waals surface area contributed by atoms with Crippen LogP contribution < -0.4 is 0 Å². The van der Waals surface area contributed by atoms with Gasteiger partial charge in [-0.1, -0.05) is 30.3 Å². The van der Waals surface area contributed by atoms with Gasteiger partial charge in [0.2, 0.25) is 5.89 Å². The number of aromatic nitrogens is 1. The first-order valence-electron chi connectivity index (χ1n) is 8.41. The van der Waals surface area contributed by atoms with Gasteiger partial charge in [-0.05, 0) is 31.2 Å². The number of hydrogen-bond donors (Lipinski definition) is 0. The Hall–Kier alpha value is -3.21. The molecule has 2 aromatic carbocycles. The van der Waals surface area contributed by atoms with Crippen molar-refractivity contribution in [1.29, 1.82) is 0 Å². The highest BCUT2D eigenvalue weighted by Crippen LogP contribution is 2.21. The van der Waals surface area contributed by atoms with Gasteiger partial charge < -0.3 is 9.32 Å². The minimum absolute atomic E-state index is 0.0909. The summed E-state index contributed by atoms with van der Waals surface area (Å²) >= 11 is 0.